The molecule has 1 atom stereocenters. The Morgan fingerprint density at radius 3 is 2.62 bits per heavy atom. The minimum Gasteiger partial charge on any atom is -0.457 e. The van der Waals surface area contributed by atoms with Crippen molar-refractivity contribution < 1.29 is 9.53 Å². The molecule has 1 aliphatic heterocycles. The molecule has 0 saturated carbocycles. The van der Waals surface area contributed by atoms with Gasteiger partial charge in [-0.1, -0.05) is 36.4 Å². The molecule has 2 heterocycles. The second-order valence-corrected chi connectivity index (χ2v) is 8.18. The van der Waals surface area contributed by atoms with Gasteiger partial charge in [0.1, 0.15) is 16.5 Å². The first-order chi connectivity index (χ1) is 14.3. The molecule has 0 unspecified atom stereocenters. The summed E-state index contributed by atoms with van der Waals surface area (Å²) in [5.41, 5.74) is 1.65. The molecule has 1 fully saturated rings. The molecule has 0 spiro atoms. The van der Waals surface area contributed by atoms with Crippen molar-refractivity contribution >= 4 is 27.5 Å². The van der Waals surface area contributed by atoms with Crippen LogP contribution in [0.1, 0.15) is 34.2 Å². The number of likely N-dealkylation sites (tertiary alicyclic amines) is 1. The molecule has 144 valence electrons. The monoisotopic (exact) mass is 400 g/mol. The fraction of sp³-hybridized carbons (Fsp3) is 0.167. The number of para-hydroxylation sites is 2. The highest BCUT2D eigenvalue weighted by atomic mass is 32.1. The third kappa shape index (κ3) is 3.61. The summed E-state index contributed by atoms with van der Waals surface area (Å²) in [6.45, 7) is 0.753. The first-order valence-electron chi connectivity index (χ1n) is 9.77. The summed E-state index contributed by atoms with van der Waals surface area (Å²) < 4.78 is 7.07. The Bertz CT molecular complexity index is 1120. The number of carbonyl (C=O) groups excluding carboxylic acids is 1. The summed E-state index contributed by atoms with van der Waals surface area (Å²) >= 11 is 1.69. The fourth-order valence-electron chi connectivity index (χ4n) is 3.78. The number of thiazole rings is 1. The number of fused-ring (bicyclic) bond motifs is 1. The van der Waals surface area contributed by atoms with E-state index >= 15 is 0 Å². The lowest BCUT2D eigenvalue weighted by atomic mass is 10.1. The first-order valence-corrected chi connectivity index (χ1v) is 10.6. The number of nitrogens with zero attached hydrogens (tertiary/aromatic N) is 2. The summed E-state index contributed by atoms with van der Waals surface area (Å²) in [5, 5.41) is 1.02. The average Bonchev–Trinajstić information content (AvgIpc) is 3.41. The topological polar surface area (TPSA) is 42.4 Å². The van der Waals surface area contributed by atoms with E-state index in [9.17, 15) is 4.79 Å². The molecular weight excluding hydrogens is 380 g/mol. The van der Waals surface area contributed by atoms with Crippen LogP contribution in [-0.4, -0.2) is 22.3 Å². The van der Waals surface area contributed by atoms with Gasteiger partial charge in [0.2, 0.25) is 0 Å². The third-order valence-corrected chi connectivity index (χ3v) is 6.31. The Kier molecular flexibility index (Phi) is 4.74. The third-order valence-electron chi connectivity index (χ3n) is 5.17. The smallest absolute Gasteiger partial charge is 0.254 e. The quantitative estimate of drug-likeness (QED) is 0.418. The van der Waals surface area contributed by atoms with E-state index in [1.165, 1.54) is 4.70 Å². The van der Waals surface area contributed by atoms with Crippen LogP contribution >= 0.6 is 11.3 Å². The van der Waals surface area contributed by atoms with Gasteiger partial charge < -0.3 is 9.64 Å². The van der Waals surface area contributed by atoms with Crippen LogP contribution in [0.25, 0.3) is 10.2 Å². The minimum atomic E-state index is 0.0327. The van der Waals surface area contributed by atoms with E-state index in [0.29, 0.717) is 11.3 Å². The number of hydrogen-bond donors (Lipinski definition) is 0. The van der Waals surface area contributed by atoms with Gasteiger partial charge in [-0.25, -0.2) is 4.98 Å². The van der Waals surface area contributed by atoms with E-state index < -0.39 is 0 Å². The van der Waals surface area contributed by atoms with E-state index in [1.54, 1.807) is 11.3 Å². The molecule has 5 heteroatoms. The van der Waals surface area contributed by atoms with Gasteiger partial charge in [-0.3, -0.25) is 4.79 Å². The van der Waals surface area contributed by atoms with Gasteiger partial charge in [-0.05, 0) is 55.3 Å². The van der Waals surface area contributed by atoms with E-state index in [4.69, 9.17) is 9.72 Å². The summed E-state index contributed by atoms with van der Waals surface area (Å²) in [6.07, 6.45) is 1.94. The zero-order valence-corrected chi connectivity index (χ0v) is 16.6. The normalized spacial score (nSPS) is 16.3. The Morgan fingerprint density at radius 2 is 1.76 bits per heavy atom. The van der Waals surface area contributed by atoms with E-state index in [0.717, 1.165) is 35.7 Å². The van der Waals surface area contributed by atoms with Crippen molar-refractivity contribution in [3.05, 3.63) is 89.4 Å². The minimum absolute atomic E-state index is 0.0327. The van der Waals surface area contributed by atoms with Crippen LogP contribution in [0.4, 0.5) is 0 Å². The predicted molar refractivity (Wildman–Crippen MR) is 116 cm³/mol. The lowest BCUT2D eigenvalue weighted by Gasteiger charge is -2.23. The van der Waals surface area contributed by atoms with Gasteiger partial charge in [0, 0.05) is 12.1 Å². The zero-order valence-electron chi connectivity index (χ0n) is 15.8. The standard InChI is InChI=1S/C24H20N2O2S/c27-24(17-8-6-11-19(16-17)28-18-9-2-1-3-10-18)26-15-7-13-21(26)23-25-20-12-4-5-14-22(20)29-23/h1-6,8-12,14,16,21H,7,13,15H2/t21-/m1/s1. The van der Waals surface area contributed by atoms with Gasteiger partial charge >= 0.3 is 0 Å². The van der Waals surface area contributed by atoms with Crippen LogP contribution in [0.15, 0.2) is 78.9 Å². The highest BCUT2D eigenvalue weighted by Crippen LogP contribution is 2.37. The van der Waals surface area contributed by atoms with E-state index in [1.807, 2.05) is 77.7 Å². The maximum Gasteiger partial charge on any atom is 0.254 e. The summed E-state index contributed by atoms with van der Waals surface area (Å²) in [5.74, 6) is 1.45. The van der Waals surface area contributed by atoms with Crippen molar-refractivity contribution in [3.63, 3.8) is 0 Å². The van der Waals surface area contributed by atoms with Crippen molar-refractivity contribution in [3.8, 4) is 11.5 Å². The second-order valence-electron chi connectivity index (χ2n) is 7.12. The number of rotatable bonds is 4. The highest BCUT2D eigenvalue weighted by molar-refractivity contribution is 7.18. The van der Waals surface area contributed by atoms with E-state index in [-0.39, 0.29) is 11.9 Å². The highest BCUT2D eigenvalue weighted by Gasteiger charge is 2.32. The van der Waals surface area contributed by atoms with Crippen LogP contribution in [0.2, 0.25) is 0 Å². The van der Waals surface area contributed by atoms with Gasteiger partial charge in [0.05, 0.1) is 16.3 Å². The SMILES string of the molecule is O=C(c1cccc(Oc2ccccc2)c1)N1CCC[C@@H]1c1nc2ccccc2s1. The Balaban J connectivity index is 1.40. The second kappa shape index (κ2) is 7.68. The van der Waals surface area contributed by atoms with Crippen molar-refractivity contribution in [2.75, 3.05) is 6.54 Å². The molecule has 4 nitrogen and oxygen atoms in total. The summed E-state index contributed by atoms with van der Waals surface area (Å²) in [6, 6.07) is 25.2. The van der Waals surface area contributed by atoms with Crippen molar-refractivity contribution in [1.29, 1.82) is 0 Å². The summed E-state index contributed by atoms with van der Waals surface area (Å²) in [4.78, 5) is 20.0. The average molecular weight is 401 g/mol. The molecule has 4 aromatic rings. The maximum absolute atomic E-state index is 13.3. The molecule has 1 aromatic heterocycles. The molecule has 0 bridgehead atoms. The number of aromatic nitrogens is 1. The van der Waals surface area contributed by atoms with Crippen LogP contribution in [0.5, 0.6) is 11.5 Å². The predicted octanol–water partition coefficient (Wildman–Crippen LogP) is 6.07. The van der Waals surface area contributed by atoms with Gasteiger partial charge in [0.25, 0.3) is 5.91 Å². The molecule has 0 radical (unpaired) electrons. The molecular formula is C24H20N2O2S. The molecule has 1 aliphatic rings. The van der Waals surface area contributed by atoms with Gasteiger partial charge in [-0.15, -0.1) is 11.3 Å². The summed E-state index contributed by atoms with van der Waals surface area (Å²) in [7, 11) is 0. The Morgan fingerprint density at radius 1 is 0.966 bits per heavy atom. The van der Waals surface area contributed by atoms with Crippen LogP contribution < -0.4 is 4.74 Å². The van der Waals surface area contributed by atoms with Crippen molar-refractivity contribution in [2.24, 2.45) is 0 Å². The number of amides is 1. The molecule has 3 aromatic carbocycles. The van der Waals surface area contributed by atoms with Crippen LogP contribution in [0.3, 0.4) is 0 Å². The number of hydrogen-bond acceptors (Lipinski definition) is 4. The zero-order chi connectivity index (χ0) is 19.6. The van der Waals surface area contributed by atoms with Crippen LogP contribution in [0, 0.1) is 0 Å². The van der Waals surface area contributed by atoms with Crippen LogP contribution in [-0.2, 0) is 0 Å². The van der Waals surface area contributed by atoms with Crippen molar-refractivity contribution in [1.82, 2.24) is 9.88 Å². The van der Waals surface area contributed by atoms with Crippen molar-refractivity contribution in [2.45, 2.75) is 18.9 Å². The lowest BCUT2D eigenvalue weighted by Crippen LogP contribution is -2.30. The van der Waals surface area contributed by atoms with Gasteiger partial charge in [-0.2, -0.15) is 0 Å². The molecule has 5 rings (SSSR count). The molecule has 0 aliphatic carbocycles. The molecule has 0 N–H and O–H groups in total. The number of ether oxygens (including phenoxy) is 1. The molecule has 29 heavy (non-hydrogen) atoms. The fourth-order valence-corrected chi connectivity index (χ4v) is 4.90. The number of benzene rings is 3. The number of carbonyl (C=O) groups is 1. The Labute approximate surface area is 173 Å². The lowest BCUT2D eigenvalue weighted by molar-refractivity contribution is 0.0735. The first kappa shape index (κ1) is 17.9. The largest absolute Gasteiger partial charge is 0.457 e. The van der Waals surface area contributed by atoms with E-state index in [2.05, 4.69) is 6.07 Å². The molecule has 1 amide bonds. The Hall–Kier alpha value is -3.18. The maximum atomic E-state index is 13.3. The van der Waals surface area contributed by atoms with Gasteiger partial charge in [0.15, 0.2) is 0 Å². The molecule has 1 saturated heterocycles.